The number of ether oxygens (including phenoxy) is 8. The molecule has 0 radical (unpaired) electrons. The minimum absolute atomic E-state index is 0.0769. The lowest BCUT2D eigenvalue weighted by atomic mass is 9.99. The molecule has 0 bridgehead atoms. The van der Waals surface area contributed by atoms with Crippen LogP contribution in [0.25, 0.3) is 12.2 Å². The fraction of sp³-hybridized carbons (Fsp3) is 0.455. The number of aromatic hydroxyl groups is 2. The summed E-state index contributed by atoms with van der Waals surface area (Å²) in [5.41, 5.74) is 0.803. The van der Waals surface area contributed by atoms with Crippen molar-refractivity contribution in [1.29, 1.82) is 0 Å². The van der Waals surface area contributed by atoms with E-state index in [-0.39, 0.29) is 28.7 Å². The molecule has 280 valence electrons. The average Bonchev–Trinajstić information content (AvgIpc) is 3.39. The molecule has 18 heteroatoms. The van der Waals surface area contributed by atoms with Crippen molar-refractivity contribution >= 4 is 24.1 Å². The third kappa shape index (κ3) is 8.87. The number of aliphatic hydroxyl groups excluding tert-OH is 6. The number of phenolic OH excluding ortho intramolecular Hbond substituents is 2. The van der Waals surface area contributed by atoms with Gasteiger partial charge in [-0.05, 0) is 47.5 Å². The van der Waals surface area contributed by atoms with Gasteiger partial charge >= 0.3 is 11.9 Å². The quantitative estimate of drug-likeness (QED) is 0.0819. The van der Waals surface area contributed by atoms with E-state index < -0.39 is 86.6 Å². The molecule has 9 atom stereocenters. The first-order chi connectivity index (χ1) is 24.3. The number of aliphatic hydroxyl groups is 6. The first kappa shape index (κ1) is 39.3. The number of benzene rings is 2. The summed E-state index contributed by atoms with van der Waals surface area (Å²) in [6.07, 6.45) is -9.77. The molecule has 0 aliphatic carbocycles. The van der Waals surface area contributed by atoms with Gasteiger partial charge in [-0.2, -0.15) is 0 Å². The van der Waals surface area contributed by atoms with Crippen LogP contribution in [0.5, 0.6) is 28.7 Å². The van der Waals surface area contributed by atoms with Crippen LogP contribution in [0.3, 0.4) is 0 Å². The molecule has 18 nitrogen and oxygen atoms in total. The second-order valence-corrected chi connectivity index (χ2v) is 11.3. The molecular weight excluding hydrogens is 684 g/mol. The molecule has 2 aliphatic rings. The number of esters is 2. The number of phenols is 2. The van der Waals surface area contributed by atoms with Gasteiger partial charge in [-0.15, -0.1) is 0 Å². The van der Waals surface area contributed by atoms with E-state index in [4.69, 9.17) is 37.9 Å². The van der Waals surface area contributed by atoms with Crippen LogP contribution in [-0.4, -0.2) is 149 Å². The average molecular weight is 725 g/mol. The lowest BCUT2D eigenvalue weighted by Crippen LogP contribution is -2.63. The fourth-order valence-electron chi connectivity index (χ4n) is 5.27. The summed E-state index contributed by atoms with van der Waals surface area (Å²) in [7, 11) is 3.98. The molecule has 51 heavy (non-hydrogen) atoms. The number of carbonyl (C=O) groups excluding carboxylic acids is 2. The second-order valence-electron chi connectivity index (χ2n) is 11.3. The van der Waals surface area contributed by atoms with Gasteiger partial charge in [0.15, 0.2) is 35.4 Å². The molecule has 2 heterocycles. The Hall–Kier alpha value is -4.50. The second kappa shape index (κ2) is 17.1. The number of methoxy groups -OCH3 is 3. The Morgan fingerprint density at radius 1 is 0.784 bits per heavy atom. The van der Waals surface area contributed by atoms with Crippen LogP contribution in [-0.2, 0) is 33.3 Å². The van der Waals surface area contributed by atoms with E-state index in [1.807, 2.05) is 0 Å². The van der Waals surface area contributed by atoms with Gasteiger partial charge in [0.05, 0.1) is 27.9 Å². The largest absolute Gasteiger partial charge is 0.504 e. The van der Waals surface area contributed by atoms with E-state index in [2.05, 4.69) is 0 Å². The van der Waals surface area contributed by atoms with E-state index in [1.54, 1.807) is 0 Å². The van der Waals surface area contributed by atoms with Crippen molar-refractivity contribution in [3.63, 3.8) is 0 Å². The topological polar surface area (TPSA) is 270 Å². The van der Waals surface area contributed by atoms with Gasteiger partial charge in [-0.1, -0.05) is 6.07 Å². The van der Waals surface area contributed by atoms with Crippen LogP contribution >= 0.6 is 0 Å². The summed E-state index contributed by atoms with van der Waals surface area (Å²) in [5.74, 6) is -4.59. The highest BCUT2D eigenvalue weighted by Gasteiger charge is 2.60. The zero-order chi connectivity index (χ0) is 37.5. The Labute approximate surface area is 290 Å². The predicted molar refractivity (Wildman–Crippen MR) is 170 cm³/mol. The molecule has 0 spiro atoms. The normalized spacial score (nSPS) is 29.3. The van der Waals surface area contributed by atoms with Crippen molar-refractivity contribution < 1.29 is 88.3 Å². The third-order valence-corrected chi connectivity index (χ3v) is 8.02. The Balaban J connectivity index is 1.47. The van der Waals surface area contributed by atoms with Gasteiger partial charge in [-0.25, -0.2) is 9.59 Å². The molecule has 2 aromatic carbocycles. The predicted octanol–water partition coefficient (Wildman–Crippen LogP) is -1.43. The van der Waals surface area contributed by atoms with Crippen molar-refractivity contribution in [2.24, 2.45) is 0 Å². The summed E-state index contributed by atoms with van der Waals surface area (Å²) in [4.78, 5) is 25.3. The highest BCUT2D eigenvalue weighted by atomic mass is 16.8. The summed E-state index contributed by atoms with van der Waals surface area (Å²) < 4.78 is 42.5. The molecule has 2 aromatic rings. The Morgan fingerprint density at radius 2 is 1.39 bits per heavy atom. The molecular formula is C33H40O18. The minimum atomic E-state index is -2.48. The van der Waals surface area contributed by atoms with E-state index >= 15 is 0 Å². The van der Waals surface area contributed by atoms with Gasteiger partial charge in [-0.3, -0.25) is 0 Å². The lowest BCUT2D eigenvalue weighted by Gasteiger charge is -2.43. The van der Waals surface area contributed by atoms with Gasteiger partial charge in [0.25, 0.3) is 0 Å². The number of carbonyl (C=O) groups is 2. The molecule has 0 saturated carbocycles. The van der Waals surface area contributed by atoms with Crippen molar-refractivity contribution in [3.05, 3.63) is 53.6 Å². The first-order valence-electron chi connectivity index (χ1n) is 15.3. The molecule has 2 fully saturated rings. The van der Waals surface area contributed by atoms with Crippen LogP contribution < -0.4 is 14.2 Å². The number of rotatable bonds is 14. The monoisotopic (exact) mass is 724 g/mol. The van der Waals surface area contributed by atoms with E-state index in [0.29, 0.717) is 11.1 Å². The van der Waals surface area contributed by atoms with E-state index in [9.17, 15) is 50.4 Å². The molecule has 0 amide bonds. The van der Waals surface area contributed by atoms with Crippen molar-refractivity contribution in [2.75, 3.05) is 41.2 Å². The van der Waals surface area contributed by atoms with Crippen molar-refractivity contribution in [1.82, 2.24) is 0 Å². The molecule has 2 saturated heterocycles. The van der Waals surface area contributed by atoms with Crippen LogP contribution in [0.4, 0.5) is 0 Å². The summed E-state index contributed by atoms with van der Waals surface area (Å²) in [6, 6.07) is 7.06. The Kier molecular flexibility index (Phi) is 13.2. The van der Waals surface area contributed by atoms with Crippen molar-refractivity contribution in [2.45, 2.75) is 54.8 Å². The number of hydrogen-bond acceptors (Lipinski definition) is 18. The molecule has 2 aliphatic heterocycles. The minimum Gasteiger partial charge on any atom is -0.504 e. The van der Waals surface area contributed by atoms with Gasteiger partial charge in [0.1, 0.15) is 49.8 Å². The Morgan fingerprint density at radius 3 is 2.00 bits per heavy atom. The molecule has 0 unspecified atom stereocenters. The fourth-order valence-corrected chi connectivity index (χ4v) is 5.27. The van der Waals surface area contributed by atoms with Crippen LogP contribution in [0.15, 0.2) is 42.5 Å². The molecule has 4 rings (SSSR count). The zero-order valence-corrected chi connectivity index (χ0v) is 27.6. The summed E-state index contributed by atoms with van der Waals surface area (Å²) in [5, 5.41) is 82.7. The summed E-state index contributed by atoms with van der Waals surface area (Å²) in [6.45, 7) is -2.65. The SMILES string of the molecule is COc1cc(/C=C/C(=O)O[C@H]2[C@@H](O)[C@H](CO)O[C@@]2(CO)O[C@H]2O[C@H](COC(=O)/C=C/c3cc(OC)c(O)c(OC)c3)[C@@H](O)[C@@H](O)[C@H]2O)ccc1O. The molecule has 8 N–H and O–H groups in total. The van der Waals surface area contributed by atoms with Crippen LogP contribution in [0.2, 0.25) is 0 Å². The van der Waals surface area contributed by atoms with E-state index in [1.165, 1.54) is 63.8 Å². The first-order valence-corrected chi connectivity index (χ1v) is 15.3. The lowest BCUT2D eigenvalue weighted by molar-refractivity contribution is -0.383. The van der Waals surface area contributed by atoms with Crippen molar-refractivity contribution in [3.8, 4) is 28.7 Å². The maximum absolute atomic E-state index is 12.8. The maximum Gasteiger partial charge on any atom is 0.331 e. The smallest absolute Gasteiger partial charge is 0.331 e. The van der Waals surface area contributed by atoms with E-state index in [0.717, 1.165) is 12.2 Å². The van der Waals surface area contributed by atoms with Gasteiger partial charge in [0, 0.05) is 12.2 Å². The van der Waals surface area contributed by atoms with Crippen LogP contribution in [0.1, 0.15) is 11.1 Å². The van der Waals surface area contributed by atoms with Gasteiger partial charge in [0.2, 0.25) is 11.5 Å². The maximum atomic E-state index is 12.8. The van der Waals surface area contributed by atoms with Crippen LogP contribution in [0, 0.1) is 0 Å². The molecule has 0 aromatic heterocycles. The highest BCUT2D eigenvalue weighted by Crippen LogP contribution is 2.39. The Bertz CT molecular complexity index is 1550. The zero-order valence-electron chi connectivity index (χ0n) is 27.6. The standard InChI is InChI=1S/C33H40O18/c1-44-19-10-16(4-7-18(19)36)5-9-25(38)49-31-28(41)22(13-34)50-33(31,15-35)51-32-30(43)29(42)27(40)23(48-32)14-47-24(37)8-6-17-11-20(45-2)26(39)21(12-17)46-3/h4-12,22-23,27-32,34-36,39-43H,13-15H2,1-3H3/b8-6+,9-5+/t22-,23+,27+,28-,29+,30+,31-,32+,33-/m0/s1. The highest BCUT2D eigenvalue weighted by molar-refractivity contribution is 5.88. The van der Waals surface area contributed by atoms with Gasteiger partial charge < -0.3 is 78.7 Å². The summed E-state index contributed by atoms with van der Waals surface area (Å²) >= 11 is 0. The number of hydrogen-bond donors (Lipinski definition) is 8. The third-order valence-electron chi connectivity index (χ3n) is 8.02.